The second-order valence-corrected chi connectivity index (χ2v) is 5.44. The monoisotopic (exact) mass is 277 g/mol. The SMILES string of the molecule is CN1c2cc(C(=O)O)cc(C(=O)O)c2C(C)(C)C1C=O. The topological polar surface area (TPSA) is 94.9 Å². The maximum atomic E-state index is 11.4. The Labute approximate surface area is 115 Å². The maximum Gasteiger partial charge on any atom is 0.336 e. The molecule has 1 heterocycles. The fraction of sp³-hybridized carbons (Fsp3) is 0.357. The third-order valence-corrected chi connectivity index (χ3v) is 3.90. The second-order valence-electron chi connectivity index (χ2n) is 5.44. The molecular formula is C14H15NO5. The maximum absolute atomic E-state index is 11.4. The van der Waals surface area contributed by atoms with E-state index in [1.165, 1.54) is 6.07 Å². The molecule has 0 spiro atoms. The van der Waals surface area contributed by atoms with Crippen LogP contribution in [0.2, 0.25) is 0 Å². The highest BCUT2D eigenvalue weighted by Gasteiger charge is 2.46. The Kier molecular flexibility index (Phi) is 3.04. The van der Waals surface area contributed by atoms with E-state index in [2.05, 4.69) is 0 Å². The molecule has 0 bridgehead atoms. The van der Waals surface area contributed by atoms with Crippen molar-refractivity contribution < 1.29 is 24.6 Å². The first-order valence-electron chi connectivity index (χ1n) is 6.05. The van der Waals surface area contributed by atoms with Crippen molar-refractivity contribution in [3.05, 3.63) is 28.8 Å². The van der Waals surface area contributed by atoms with Crippen LogP contribution < -0.4 is 4.90 Å². The van der Waals surface area contributed by atoms with Gasteiger partial charge in [-0.25, -0.2) is 9.59 Å². The predicted octanol–water partition coefficient (Wildman–Crippen LogP) is 1.38. The van der Waals surface area contributed by atoms with Crippen LogP contribution in [-0.4, -0.2) is 41.5 Å². The van der Waals surface area contributed by atoms with Crippen molar-refractivity contribution in [2.24, 2.45) is 0 Å². The molecular weight excluding hydrogens is 262 g/mol. The fourth-order valence-corrected chi connectivity index (χ4v) is 2.92. The Morgan fingerprint density at radius 1 is 1.25 bits per heavy atom. The van der Waals surface area contributed by atoms with Gasteiger partial charge in [-0.3, -0.25) is 0 Å². The molecule has 0 aliphatic carbocycles. The smallest absolute Gasteiger partial charge is 0.336 e. The van der Waals surface area contributed by atoms with E-state index in [0.29, 0.717) is 11.3 Å². The van der Waals surface area contributed by atoms with Crippen LogP contribution in [-0.2, 0) is 10.2 Å². The van der Waals surface area contributed by atoms with Gasteiger partial charge in [0.15, 0.2) is 0 Å². The van der Waals surface area contributed by atoms with Crippen LogP contribution in [0.1, 0.15) is 40.1 Å². The Bertz CT molecular complexity index is 620. The average molecular weight is 277 g/mol. The highest BCUT2D eigenvalue weighted by Crippen LogP contribution is 2.46. The van der Waals surface area contributed by atoms with Crippen LogP contribution in [0.4, 0.5) is 5.69 Å². The van der Waals surface area contributed by atoms with E-state index in [-0.39, 0.29) is 11.1 Å². The normalized spacial score (nSPS) is 19.6. The summed E-state index contributed by atoms with van der Waals surface area (Å²) in [5.41, 5.74) is 0.104. The number of carboxylic acid groups (broad SMARTS) is 2. The zero-order chi connectivity index (χ0) is 15.2. The molecule has 20 heavy (non-hydrogen) atoms. The van der Waals surface area contributed by atoms with Crippen LogP contribution >= 0.6 is 0 Å². The molecule has 0 saturated heterocycles. The summed E-state index contributed by atoms with van der Waals surface area (Å²) in [6.45, 7) is 3.56. The van der Waals surface area contributed by atoms with Gasteiger partial charge >= 0.3 is 11.9 Å². The van der Waals surface area contributed by atoms with E-state index in [9.17, 15) is 19.5 Å². The summed E-state index contributed by atoms with van der Waals surface area (Å²) in [6, 6.07) is 2.03. The summed E-state index contributed by atoms with van der Waals surface area (Å²) in [6.07, 6.45) is 0.756. The number of hydrogen-bond donors (Lipinski definition) is 2. The minimum atomic E-state index is -1.20. The molecule has 0 saturated carbocycles. The summed E-state index contributed by atoms with van der Waals surface area (Å²) in [5, 5.41) is 18.4. The van der Waals surface area contributed by atoms with Crippen molar-refractivity contribution >= 4 is 23.9 Å². The number of anilines is 1. The molecule has 1 atom stereocenters. The number of likely N-dealkylation sites (N-methyl/N-ethyl adjacent to an activating group) is 1. The first kappa shape index (κ1) is 14.0. The second kappa shape index (κ2) is 4.33. The van der Waals surface area contributed by atoms with E-state index in [0.717, 1.165) is 12.4 Å². The summed E-state index contributed by atoms with van der Waals surface area (Å²) in [4.78, 5) is 35.5. The molecule has 1 aliphatic rings. The van der Waals surface area contributed by atoms with Crippen LogP contribution in [0, 0.1) is 0 Å². The third kappa shape index (κ3) is 1.76. The molecule has 2 N–H and O–H groups in total. The van der Waals surface area contributed by atoms with E-state index >= 15 is 0 Å². The van der Waals surface area contributed by atoms with Crippen molar-refractivity contribution in [1.29, 1.82) is 0 Å². The van der Waals surface area contributed by atoms with Crippen molar-refractivity contribution in [1.82, 2.24) is 0 Å². The van der Waals surface area contributed by atoms with Crippen LogP contribution in [0.3, 0.4) is 0 Å². The zero-order valence-corrected chi connectivity index (χ0v) is 11.4. The first-order valence-corrected chi connectivity index (χ1v) is 6.05. The highest BCUT2D eigenvalue weighted by atomic mass is 16.4. The van der Waals surface area contributed by atoms with Crippen molar-refractivity contribution in [3.8, 4) is 0 Å². The van der Waals surface area contributed by atoms with E-state index < -0.39 is 23.4 Å². The van der Waals surface area contributed by atoms with Gasteiger partial charge in [0.2, 0.25) is 0 Å². The number of aromatic carboxylic acids is 2. The van der Waals surface area contributed by atoms with Gasteiger partial charge in [-0.05, 0) is 17.7 Å². The van der Waals surface area contributed by atoms with E-state index in [1.54, 1.807) is 25.8 Å². The minimum Gasteiger partial charge on any atom is -0.478 e. The van der Waals surface area contributed by atoms with E-state index in [4.69, 9.17) is 5.11 Å². The van der Waals surface area contributed by atoms with Crippen molar-refractivity contribution in [2.75, 3.05) is 11.9 Å². The molecule has 0 radical (unpaired) electrons. The third-order valence-electron chi connectivity index (χ3n) is 3.90. The van der Waals surface area contributed by atoms with Crippen molar-refractivity contribution in [3.63, 3.8) is 0 Å². The van der Waals surface area contributed by atoms with Gasteiger partial charge in [0.05, 0.1) is 17.2 Å². The Balaban J connectivity index is 2.82. The van der Waals surface area contributed by atoms with Gasteiger partial charge < -0.3 is 19.9 Å². The number of carbonyl (C=O) groups excluding carboxylic acids is 1. The largest absolute Gasteiger partial charge is 0.478 e. The number of carboxylic acids is 2. The molecule has 2 rings (SSSR count). The number of hydrogen-bond acceptors (Lipinski definition) is 4. The summed E-state index contributed by atoms with van der Waals surface area (Å²) in [7, 11) is 1.66. The molecule has 6 nitrogen and oxygen atoms in total. The quantitative estimate of drug-likeness (QED) is 0.810. The predicted molar refractivity (Wildman–Crippen MR) is 71.6 cm³/mol. The zero-order valence-electron chi connectivity index (χ0n) is 11.4. The molecule has 0 fully saturated rings. The van der Waals surface area contributed by atoms with Crippen LogP contribution in [0.25, 0.3) is 0 Å². The van der Waals surface area contributed by atoms with Crippen LogP contribution in [0.15, 0.2) is 12.1 Å². The average Bonchev–Trinajstić information content (AvgIpc) is 2.55. The van der Waals surface area contributed by atoms with Crippen molar-refractivity contribution in [2.45, 2.75) is 25.3 Å². The number of rotatable bonds is 3. The lowest BCUT2D eigenvalue weighted by atomic mass is 9.78. The summed E-state index contributed by atoms with van der Waals surface area (Å²) < 4.78 is 0. The summed E-state index contributed by atoms with van der Waals surface area (Å²) in [5.74, 6) is -2.39. The number of benzene rings is 1. The van der Waals surface area contributed by atoms with Gasteiger partial charge in [-0.2, -0.15) is 0 Å². The van der Waals surface area contributed by atoms with Gasteiger partial charge in [-0.1, -0.05) is 13.8 Å². The van der Waals surface area contributed by atoms with Gasteiger partial charge in [0.25, 0.3) is 0 Å². The molecule has 6 heteroatoms. The Morgan fingerprint density at radius 2 is 1.85 bits per heavy atom. The molecule has 1 aromatic carbocycles. The minimum absolute atomic E-state index is 0.0684. The van der Waals surface area contributed by atoms with Gasteiger partial charge in [0.1, 0.15) is 6.29 Å². The molecule has 1 aliphatic heterocycles. The molecule has 1 unspecified atom stereocenters. The molecule has 0 aromatic heterocycles. The first-order chi connectivity index (χ1) is 9.21. The summed E-state index contributed by atoms with van der Waals surface area (Å²) >= 11 is 0. The lowest BCUT2D eigenvalue weighted by Gasteiger charge is -2.27. The van der Waals surface area contributed by atoms with Gasteiger partial charge in [-0.15, -0.1) is 0 Å². The number of fused-ring (bicyclic) bond motifs is 1. The standard InChI is InChI=1S/C14H15NO5/c1-14(2)10(6-16)15(3)9-5-7(12(17)18)4-8(11(9)14)13(19)20/h4-6,10H,1-3H3,(H,17,18)(H,19,20). The number of carbonyl (C=O) groups is 3. The Morgan fingerprint density at radius 3 is 2.30 bits per heavy atom. The Hall–Kier alpha value is -2.37. The molecule has 0 amide bonds. The lowest BCUT2D eigenvalue weighted by Crippen LogP contribution is -2.40. The lowest BCUT2D eigenvalue weighted by molar-refractivity contribution is -0.109. The van der Waals surface area contributed by atoms with Crippen LogP contribution in [0.5, 0.6) is 0 Å². The molecule has 1 aromatic rings. The van der Waals surface area contributed by atoms with Gasteiger partial charge in [0, 0.05) is 18.2 Å². The number of aldehydes is 1. The molecule has 106 valence electrons. The number of nitrogens with zero attached hydrogens (tertiary/aromatic N) is 1. The van der Waals surface area contributed by atoms with E-state index in [1.807, 2.05) is 0 Å². The highest BCUT2D eigenvalue weighted by molar-refractivity contribution is 5.99. The fourth-order valence-electron chi connectivity index (χ4n) is 2.92.